The summed E-state index contributed by atoms with van der Waals surface area (Å²) in [5.74, 6) is 0.0161. The first kappa shape index (κ1) is 12.0. The number of amides is 2. The number of carbonyl (C=O) groups excluding carboxylic acids is 1. The van der Waals surface area contributed by atoms with Gasteiger partial charge in [0.05, 0.1) is 18.9 Å². The van der Waals surface area contributed by atoms with Gasteiger partial charge in [0, 0.05) is 11.1 Å². The first-order valence-electron chi connectivity index (χ1n) is 4.74. The summed E-state index contributed by atoms with van der Waals surface area (Å²) in [6.07, 6.45) is 1.25. The summed E-state index contributed by atoms with van der Waals surface area (Å²) < 4.78 is 4.76. The molecule has 0 fully saturated rings. The largest absolute Gasteiger partial charge is 0.591 e. The number of carbonyl (C=O) groups is 1. The normalized spacial score (nSPS) is 10.0. The molecule has 0 aliphatic heterocycles. The Labute approximate surface area is 93.0 Å². The molecule has 0 atom stereocenters. The van der Waals surface area contributed by atoms with Crippen molar-refractivity contribution >= 4 is 11.7 Å². The summed E-state index contributed by atoms with van der Waals surface area (Å²) in [6, 6.07) is 1.06. The van der Waals surface area contributed by atoms with E-state index in [1.165, 1.54) is 19.4 Å². The molecule has 1 aromatic heterocycles. The van der Waals surface area contributed by atoms with E-state index in [1.54, 1.807) is 0 Å². The second kappa shape index (κ2) is 5.15. The average molecular weight is 226 g/mol. The summed E-state index contributed by atoms with van der Waals surface area (Å²) in [5, 5.41) is 19.7. The Morgan fingerprint density at radius 3 is 2.88 bits per heavy atom. The first-order valence-corrected chi connectivity index (χ1v) is 4.74. The zero-order valence-electron chi connectivity index (χ0n) is 9.35. The molecule has 7 heteroatoms. The zero-order valence-corrected chi connectivity index (χ0v) is 9.35. The second-order valence-electron chi connectivity index (χ2n) is 3.41. The highest BCUT2D eigenvalue weighted by atomic mass is 16.6. The third kappa shape index (κ3) is 3.26. The molecule has 16 heavy (non-hydrogen) atoms. The standard InChI is InChI=1S/C9H14N4O3/c1-6(2)11-9(14)12-7-4-8(16-3)13(15)10-5-7/h4-6H,1-3H3,(H2,11,12,14). The number of hydrogen-bond donors (Lipinski definition) is 2. The Kier molecular flexibility index (Phi) is 3.87. The van der Waals surface area contributed by atoms with Crippen LogP contribution in [0.3, 0.4) is 0 Å². The van der Waals surface area contributed by atoms with E-state index in [2.05, 4.69) is 15.7 Å². The van der Waals surface area contributed by atoms with Gasteiger partial charge in [-0.3, -0.25) is 0 Å². The van der Waals surface area contributed by atoms with Crippen molar-refractivity contribution in [2.24, 2.45) is 0 Å². The number of aromatic nitrogens is 2. The van der Waals surface area contributed by atoms with Crippen molar-refractivity contribution in [2.45, 2.75) is 19.9 Å². The lowest BCUT2D eigenvalue weighted by Gasteiger charge is -2.09. The van der Waals surface area contributed by atoms with E-state index < -0.39 is 0 Å². The van der Waals surface area contributed by atoms with Gasteiger partial charge in [0.15, 0.2) is 0 Å². The summed E-state index contributed by atoms with van der Waals surface area (Å²) in [5.41, 5.74) is 0.391. The summed E-state index contributed by atoms with van der Waals surface area (Å²) in [6.45, 7) is 3.68. The Morgan fingerprint density at radius 1 is 1.62 bits per heavy atom. The number of urea groups is 1. The molecular formula is C9H14N4O3. The van der Waals surface area contributed by atoms with Gasteiger partial charge < -0.3 is 20.6 Å². The van der Waals surface area contributed by atoms with E-state index >= 15 is 0 Å². The van der Waals surface area contributed by atoms with Gasteiger partial charge in [-0.15, -0.1) is 0 Å². The highest BCUT2D eigenvalue weighted by Gasteiger charge is 2.10. The summed E-state index contributed by atoms with van der Waals surface area (Å²) in [7, 11) is 1.35. The lowest BCUT2D eigenvalue weighted by Crippen LogP contribution is -2.36. The molecule has 0 saturated heterocycles. The molecule has 0 aromatic carbocycles. The maximum Gasteiger partial charge on any atom is 0.407 e. The molecule has 0 saturated carbocycles. The number of anilines is 1. The van der Waals surface area contributed by atoms with Crippen LogP contribution in [0.2, 0.25) is 0 Å². The fourth-order valence-electron chi connectivity index (χ4n) is 1.03. The minimum absolute atomic E-state index is 0.0161. The van der Waals surface area contributed by atoms with E-state index in [1.807, 2.05) is 13.8 Å². The smallest absolute Gasteiger partial charge is 0.407 e. The van der Waals surface area contributed by atoms with Gasteiger partial charge in [-0.05, 0) is 18.7 Å². The minimum Gasteiger partial charge on any atom is -0.591 e. The van der Waals surface area contributed by atoms with Gasteiger partial charge in [0.25, 0.3) is 0 Å². The van der Waals surface area contributed by atoms with Crippen LogP contribution in [-0.2, 0) is 0 Å². The second-order valence-corrected chi connectivity index (χ2v) is 3.41. The predicted octanol–water partition coefficient (Wildman–Crippen LogP) is 0.253. The van der Waals surface area contributed by atoms with Gasteiger partial charge in [-0.1, -0.05) is 0 Å². The molecular weight excluding hydrogens is 212 g/mol. The quantitative estimate of drug-likeness (QED) is 0.571. The summed E-state index contributed by atoms with van der Waals surface area (Å²) in [4.78, 5) is 11.7. The average Bonchev–Trinajstić information content (AvgIpc) is 2.19. The molecule has 0 aliphatic rings. The van der Waals surface area contributed by atoms with Crippen molar-refractivity contribution in [1.29, 1.82) is 0 Å². The number of nitrogens with one attached hydrogen (secondary N) is 2. The third-order valence-corrected chi connectivity index (χ3v) is 1.66. The molecule has 2 N–H and O–H groups in total. The van der Waals surface area contributed by atoms with Crippen LogP contribution in [0.4, 0.5) is 10.5 Å². The topological polar surface area (TPSA) is 90.2 Å². The number of rotatable bonds is 3. The number of ether oxygens (including phenoxy) is 1. The predicted molar refractivity (Wildman–Crippen MR) is 57.0 cm³/mol. The van der Waals surface area contributed by atoms with Crippen molar-refractivity contribution in [3.05, 3.63) is 17.5 Å². The molecule has 88 valence electrons. The van der Waals surface area contributed by atoms with Crippen molar-refractivity contribution < 1.29 is 14.4 Å². The summed E-state index contributed by atoms with van der Waals surface area (Å²) >= 11 is 0. The van der Waals surface area contributed by atoms with Crippen LogP contribution < -0.4 is 20.2 Å². The third-order valence-electron chi connectivity index (χ3n) is 1.66. The number of methoxy groups -OCH3 is 1. The van der Waals surface area contributed by atoms with E-state index in [0.29, 0.717) is 10.5 Å². The lowest BCUT2D eigenvalue weighted by molar-refractivity contribution is -0.674. The number of hydrogen-bond acceptors (Lipinski definition) is 4. The SMILES string of the molecule is COc1cc(NC(=O)NC(C)C)cn[n+]1[O-]. The van der Waals surface area contributed by atoms with E-state index in [4.69, 9.17) is 4.74 Å². The molecule has 7 nitrogen and oxygen atoms in total. The number of nitrogens with zero attached hydrogens (tertiary/aromatic N) is 2. The fourth-order valence-corrected chi connectivity index (χ4v) is 1.03. The Morgan fingerprint density at radius 2 is 2.31 bits per heavy atom. The van der Waals surface area contributed by atoms with Crippen molar-refractivity contribution in [1.82, 2.24) is 10.4 Å². The van der Waals surface area contributed by atoms with Gasteiger partial charge in [0.2, 0.25) is 0 Å². The minimum atomic E-state index is -0.359. The van der Waals surface area contributed by atoms with Crippen LogP contribution in [0, 0.1) is 5.21 Å². The van der Waals surface area contributed by atoms with E-state index in [-0.39, 0.29) is 18.0 Å². The Hall–Kier alpha value is -2.05. The first-order chi connectivity index (χ1) is 7.52. The van der Waals surface area contributed by atoms with Crippen molar-refractivity contribution in [2.75, 3.05) is 12.4 Å². The van der Waals surface area contributed by atoms with Crippen LogP contribution in [0.15, 0.2) is 12.3 Å². The highest BCUT2D eigenvalue weighted by molar-refractivity contribution is 5.89. The van der Waals surface area contributed by atoms with E-state index in [0.717, 1.165) is 0 Å². The van der Waals surface area contributed by atoms with Crippen LogP contribution in [0.5, 0.6) is 5.88 Å². The molecule has 0 aliphatic carbocycles. The Bertz CT molecular complexity index is 381. The van der Waals surface area contributed by atoms with E-state index in [9.17, 15) is 10.0 Å². The molecule has 0 spiro atoms. The lowest BCUT2D eigenvalue weighted by atomic mass is 10.4. The highest BCUT2D eigenvalue weighted by Crippen LogP contribution is 2.09. The zero-order chi connectivity index (χ0) is 12.1. The maximum absolute atomic E-state index is 11.3. The molecule has 0 bridgehead atoms. The molecule has 1 rings (SSSR count). The van der Waals surface area contributed by atoms with Crippen molar-refractivity contribution in [3.63, 3.8) is 0 Å². The van der Waals surface area contributed by atoms with Gasteiger partial charge in [-0.25, -0.2) is 4.79 Å². The van der Waals surface area contributed by atoms with Crippen LogP contribution >= 0.6 is 0 Å². The molecule has 1 heterocycles. The fraction of sp³-hybridized carbons (Fsp3) is 0.444. The monoisotopic (exact) mass is 226 g/mol. The van der Waals surface area contributed by atoms with Crippen LogP contribution in [0.1, 0.15) is 13.8 Å². The molecule has 1 aromatic rings. The van der Waals surface area contributed by atoms with Crippen LogP contribution in [-0.4, -0.2) is 24.3 Å². The van der Waals surface area contributed by atoms with Gasteiger partial charge in [-0.2, -0.15) is 0 Å². The molecule has 0 radical (unpaired) electrons. The molecule has 0 unspecified atom stereocenters. The van der Waals surface area contributed by atoms with Crippen LogP contribution in [0.25, 0.3) is 0 Å². The van der Waals surface area contributed by atoms with Gasteiger partial charge in [0.1, 0.15) is 6.20 Å². The maximum atomic E-state index is 11.3. The molecule has 2 amide bonds. The van der Waals surface area contributed by atoms with Gasteiger partial charge >= 0.3 is 11.9 Å². The Balaban J connectivity index is 2.71. The van der Waals surface area contributed by atoms with Crippen molar-refractivity contribution in [3.8, 4) is 5.88 Å².